The molecule has 1 amide bonds. The number of nitrogens with zero attached hydrogens (tertiary/aromatic N) is 2. The number of piperidine rings is 1. The van der Waals surface area contributed by atoms with Crippen molar-refractivity contribution >= 4 is 17.8 Å². The van der Waals surface area contributed by atoms with Crippen LogP contribution in [-0.2, 0) is 4.79 Å². The molecule has 1 N–H and O–H groups in total. The molecule has 1 aromatic carbocycles. The lowest BCUT2D eigenvalue weighted by Gasteiger charge is -2.32. The lowest BCUT2D eigenvalue weighted by Crippen LogP contribution is -2.38. The third-order valence-electron chi connectivity index (χ3n) is 4.38. The number of hydrogen-bond acceptors (Lipinski definition) is 3. The van der Waals surface area contributed by atoms with Gasteiger partial charge in [-0.15, -0.1) is 0 Å². The molecule has 2 heterocycles. The second kappa shape index (κ2) is 8.29. The molecule has 0 atom stereocenters. The molecule has 1 aromatic heterocycles. The zero-order valence-corrected chi connectivity index (χ0v) is 13.8. The zero-order valence-electron chi connectivity index (χ0n) is 13.8. The van der Waals surface area contributed by atoms with Gasteiger partial charge in [-0.05, 0) is 42.5 Å². The van der Waals surface area contributed by atoms with Crippen molar-refractivity contribution in [1.29, 1.82) is 0 Å². The monoisotopic (exact) mass is 321 g/mol. The first-order valence-corrected chi connectivity index (χ1v) is 8.48. The first-order chi connectivity index (χ1) is 11.8. The topological polar surface area (TPSA) is 45.2 Å². The third kappa shape index (κ3) is 4.69. The summed E-state index contributed by atoms with van der Waals surface area (Å²) in [6.45, 7) is 2.74. The molecule has 0 aliphatic carbocycles. The van der Waals surface area contributed by atoms with Gasteiger partial charge >= 0.3 is 0 Å². The molecule has 0 saturated carbocycles. The number of carbonyl (C=O) groups is 1. The fourth-order valence-electron chi connectivity index (χ4n) is 2.95. The summed E-state index contributed by atoms with van der Waals surface area (Å²) in [5.74, 6) is 1.57. The van der Waals surface area contributed by atoms with Crippen molar-refractivity contribution in [3.05, 3.63) is 66.4 Å². The van der Waals surface area contributed by atoms with E-state index in [0.29, 0.717) is 5.92 Å². The largest absolute Gasteiger partial charge is 0.357 e. The predicted molar refractivity (Wildman–Crippen MR) is 97.7 cm³/mol. The number of aromatic nitrogens is 1. The van der Waals surface area contributed by atoms with Gasteiger partial charge in [0.15, 0.2) is 0 Å². The fraction of sp³-hybridized carbons (Fsp3) is 0.300. The second-order valence-corrected chi connectivity index (χ2v) is 6.11. The summed E-state index contributed by atoms with van der Waals surface area (Å²) in [7, 11) is 0. The van der Waals surface area contributed by atoms with Crippen LogP contribution < -0.4 is 10.2 Å². The van der Waals surface area contributed by atoms with E-state index in [-0.39, 0.29) is 5.91 Å². The van der Waals surface area contributed by atoms with Crippen LogP contribution in [0.3, 0.4) is 0 Å². The van der Waals surface area contributed by atoms with Crippen LogP contribution in [0.25, 0.3) is 6.08 Å². The van der Waals surface area contributed by atoms with Crippen LogP contribution in [0.15, 0.2) is 60.8 Å². The summed E-state index contributed by atoms with van der Waals surface area (Å²) < 4.78 is 0. The first-order valence-electron chi connectivity index (χ1n) is 8.48. The van der Waals surface area contributed by atoms with Crippen molar-refractivity contribution < 1.29 is 4.79 Å². The van der Waals surface area contributed by atoms with Gasteiger partial charge in [0.2, 0.25) is 5.91 Å². The Balaban J connectivity index is 1.40. The minimum Gasteiger partial charge on any atom is -0.357 e. The number of hydrogen-bond donors (Lipinski definition) is 1. The Morgan fingerprint density at radius 2 is 1.88 bits per heavy atom. The lowest BCUT2D eigenvalue weighted by atomic mass is 9.97. The second-order valence-electron chi connectivity index (χ2n) is 6.11. The standard InChI is InChI=1S/C20H23N3O/c24-20(10-9-17-6-2-1-3-7-17)22-16-18-11-14-23(15-12-18)19-8-4-5-13-21-19/h1-10,13,18H,11-12,14-16H2,(H,22,24)/b10-9+. The molecule has 1 fully saturated rings. The Morgan fingerprint density at radius 1 is 1.12 bits per heavy atom. The van der Waals surface area contributed by atoms with Gasteiger partial charge in [0.1, 0.15) is 5.82 Å². The fourth-order valence-corrected chi connectivity index (χ4v) is 2.95. The molecular weight excluding hydrogens is 298 g/mol. The molecule has 0 unspecified atom stereocenters. The molecule has 0 spiro atoms. The van der Waals surface area contributed by atoms with E-state index in [1.54, 1.807) is 6.08 Å². The third-order valence-corrected chi connectivity index (χ3v) is 4.38. The van der Waals surface area contributed by atoms with E-state index in [1.807, 2.05) is 54.7 Å². The van der Waals surface area contributed by atoms with Gasteiger partial charge in [0, 0.05) is 31.9 Å². The highest BCUT2D eigenvalue weighted by Crippen LogP contribution is 2.20. The van der Waals surface area contributed by atoms with Crippen molar-refractivity contribution in [2.24, 2.45) is 5.92 Å². The summed E-state index contributed by atoms with van der Waals surface area (Å²) in [5, 5.41) is 3.02. The van der Waals surface area contributed by atoms with Crippen LogP contribution in [-0.4, -0.2) is 30.5 Å². The van der Waals surface area contributed by atoms with Crippen LogP contribution in [0.2, 0.25) is 0 Å². The average molecular weight is 321 g/mol. The van der Waals surface area contributed by atoms with E-state index in [1.165, 1.54) is 0 Å². The highest BCUT2D eigenvalue weighted by atomic mass is 16.1. The molecule has 0 radical (unpaired) electrons. The molecule has 1 saturated heterocycles. The van der Waals surface area contributed by atoms with Crippen molar-refractivity contribution in [2.45, 2.75) is 12.8 Å². The van der Waals surface area contributed by atoms with Gasteiger partial charge in [-0.1, -0.05) is 36.4 Å². The van der Waals surface area contributed by atoms with E-state index in [4.69, 9.17) is 0 Å². The molecule has 1 aliphatic heterocycles. The van der Waals surface area contributed by atoms with Crippen LogP contribution in [0.5, 0.6) is 0 Å². The smallest absolute Gasteiger partial charge is 0.244 e. The number of carbonyl (C=O) groups excluding carboxylic acids is 1. The number of benzene rings is 1. The van der Waals surface area contributed by atoms with Crippen molar-refractivity contribution in [1.82, 2.24) is 10.3 Å². The minimum absolute atomic E-state index is 0.0222. The summed E-state index contributed by atoms with van der Waals surface area (Å²) in [4.78, 5) is 18.6. The van der Waals surface area contributed by atoms with Crippen molar-refractivity contribution in [3.63, 3.8) is 0 Å². The van der Waals surface area contributed by atoms with Gasteiger partial charge in [0.05, 0.1) is 0 Å². The molecule has 0 bridgehead atoms. The molecule has 3 rings (SSSR count). The van der Waals surface area contributed by atoms with Crippen LogP contribution in [0.1, 0.15) is 18.4 Å². The number of rotatable bonds is 5. The number of nitrogens with one attached hydrogen (secondary N) is 1. The highest BCUT2D eigenvalue weighted by molar-refractivity contribution is 5.91. The van der Waals surface area contributed by atoms with Gasteiger partial charge in [-0.25, -0.2) is 4.98 Å². The van der Waals surface area contributed by atoms with Gasteiger partial charge in [0.25, 0.3) is 0 Å². The molecule has 4 heteroatoms. The summed E-state index contributed by atoms with van der Waals surface area (Å²) in [5.41, 5.74) is 1.04. The first kappa shape index (κ1) is 16.2. The molecular formula is C20H23N3O. The summed E-state index contributed by atoms with van der Waals surface area (Å²) in [6.07, 6.45) is 7.45. The van der Waals surface area contributed by atoms with E-state index >= 15 is 0 Å². The van der Waals surface area contributed by atoms with Crippen molar-refractivity contribution in [2.75, 3.05) is 24.5 Å². The number of anilines is 1. The van der Waals surface area contributed by atoms with E-state index < -0.39 is 0 Å². The van der Waals surface area contributed by atoms with Crippen LogP contribution in [0.4, 0.5) is 5.82 Å². The summed E-state index contributed by atoms with van der Waals surface area (Å²) >= 11 is 0. The number of pyridine rings is 1. The van der Waals surface area contributed by atoms with Gasteiger partial charge in [-0.2, -0.15) is 0 Å². The Bertz CT molecular complexity index is 662. The molecule has 4 nitrogen and oxygen atoms in total. The lowest BCUT2D eigenvalue weighted by molar-refractivity contribution is -0.116. The van der Waals surface area contributed by atoms with E-state index in [2.05, 4.69) is 21.3 Å². The van der Waals surface area contributed by atoms with Crippen molar-refractivity contribution in [3.8, 4) is 0 Å². The molecule has 1 aliphatic rings. The maximum absolute atomic E-state index is 11.9. The van der Waals surface area contributed by atoms with Gasteiger partial charge < -0.3 is 10.2 Å². The van der Waals surface area contributed by atoms with Crippen LogP contribution in [0, 0.1) is 5.92 Å². The van der Waals surface area contributed by atoms with Crippen LogP contribution >= 0.6 is 0 Å². The highest BCUT2D eigenvalue weighted by Gasteiger charge is 2.20. The number of amides is 1. The predicted octanol–water partition coefficient (Wildman–Crippen LogP) is 3.13. The molecule has 2 aromatic rings. The Kier molecular flexibility index (Phi) is 5.61. The molecule has 124 valence electrons. The SMILES string of the molecule is O=C(/C=C/c1ccccc1)NCC1CCN(c2ccccn2)CC1. The maximum atomic E-state index is 11.9. The maximum Gasteiger partial charge on any atom is 0.244 e. The Labute approximate surface area is 143 Å². The minimum atomic E-state index is -0.0222. The van der Waals surface area contributed by atoms with Gasteiger partial charge in [-0.3, -0.25) is 4.79 Å². The van der Waals surface area contributed by atoms with E-state index in [0.717, 1.165) is 43.9 Å². The summed E-state index contributed by atoms with van der Waals surface area (Å²) in [6, 6.07) is 15.9. The Hall–Kier alpha value is -2.62. The Morgan fingerprint density at radius 3 is 2.58 bits per heavy atom. The zero-order chi connectivity index (χ0) is 16.6. The average Bonchev–Trinajstić information content (AvgIpc) is 2.67. The molecule has 24 heavy (non-hydrogen) atoms. The normalized spacial score (nSPS) is 15.6. The van der Waals surface area contributed by atoms with E-state index in [9.17, 15) is 4.79 Å². The quantitative estimate of drug-likeness (QED) is 0.861.